The van der Waals surface area contributed by atoms with E-state index in [1.54, 1.807) is 18.2 Å². The molecule has 2 aromatic rings. The zero-order valence-corrected chi connectivity index (χ0v) is 9.73. The zero-order chi connectivity index (χ0) is 12.6. The van der Waals surface area contributed by atoms with Crippen LogP contribution in [0.4, 0.5) is 5.69 Å². The summed E-state index contributed by atoms with van der Waals surface area (Å²) in [4.78, 5) is 2.80. The van der Waals surface area contributed by atoms with Gasteiger partial charge in [0, 0.05) is 11.6 Å². The highest BCUT2D eigenvalue weighted by molar-refractivity contribution is 7.91. The fourth-order valence-electron chi connectivity index (χ4n) is 1.68. The first-order chi connectivity index (χ1) is 7.95. The summed E-state index contributed by atoms with van der Waals surface area (Å²) in [6.07, 6.45) is 1.04. The number of sulfone groups is 1. The van der Waals surface area contributed by atoms with Gasteiger partial charge in [0.1, 0.15) is 0 Å². The number of nitrogens with zero attached hydrogens (tertiary/aromatic N) is 2. The Hall–Kier alpha value is -2.13. The lowest BCUT2D eigenvalue weighted by Crippen LogP contribution is -2.00. The molecule has 0 N–H and O–H groups in total. The maximum atomic E-state index is 11.8. The summed E-state index contributed by atoms with van der Waals surface area (Å²) in [7, 11) is -3.49. The lowest BCUT2D eigenvalue weighted by atomic mass is 10.1. The summed E-state index contributed by atoms with van der Waals surface area (Å²) in [6.45, 7) is 0. The van der Waals surface area contributed by atoms with E-state index in [0.29, 0.717) is 5.39 Å². The van der Waals surface area contributed by atoms with Gasteiger partial charge in [0.25, 0.3) is 0 Å². The van der Waals surface area contributed by atoms with Crippen molar-refractivity contribution in [3.63, 3.8) is 0 Å². The molecule has 0 spiro atoms. The molecule has 0 fully saturated rings. The van der Waals surface area contributed by atoms with Gasteiger partial charge in [-0.3, -0.25) is 0 Å². The minimum Gasteiger partial charge on any atom is -0.867 e. The number of hydrogen-bond acceptors (Lipinski definition) is 4. The molecule has 0 aliphatic heterocycles. The average Bonchev–Trinajstić information content (AvgIpc) is 2.28. The largest absolute Gasteiger partial charge is 0.867 e. The number of fused-ring (bicyclic) bond motifs is 1. The van der Waals surface area contributed by atoms with Crippen LogP contribution in [0.2, 0.25) is 0 Å². The van der Waals surface area contributed by atoms with Gasteiger partial charge >= 0.3 is 5.69 Å². The highest BCUT2D eigenvalue weighted by Gasteiger charge is 2.19. The van der Waals surface area contributed by atoms with Crippen molar-refractivity contribution in [3.8, 4) is 5.75 Å². The fourth-order valence-corrected chi connectivity index (χ4v) is 2.59. The van der Waals surface area contributed by atoms with E-state index in [-0.39, 0.29) is 16.0 Å². The van der Waals surface area contributed by atoms with Crippen LogP contribution in [0.3, 0.4) is 0 Å². The molecule has 5 nitrogen and oxygen atoms in total. The smallest absolute Gasteiger partial charge is 0.379 e. The van der Waals surface area contributed by atoms with Crippen LogP contribution in [-0.4, -0.2) is 14.7 Å². The van der Waals surface area contributed by atoms with Crippen LogP contribution in [0.1, 0.15) is 0 Å². The molecule has 0 aliphatic carbocycles. The summed E-state index contributed by atoms with van der Waals surface area (Å²) in [5.41, 5.74) is -0.274. The Morgan fingerprint density at radius 3 is 2.35 bits per heavy atom. The first kappa shape index (κ1) is 11.4. The van der Waals surface area contributed by atoms with E-state index >= 15 is 0 Å². The molecule has 0 saturated heterocycles. The molecule has 2 rings (SSSR count). The van der Waals surface area contributed by atoms with Gasteiger partial charge in [-0.05, 0) is 11.1 Å². The highest BCUT2D eigenvalue weighted by Crippen LogP contribution is 2.36. The van der Waals surface area contributed by atoms with Crippen molar-refractivity contribution >= 4 is 26.3 Å². The summed E-state index contributed by atoms with van der Waals surface area (Å²) in [6, 6.07) is 7.40. The van der Waals surface area contributed by atoms with Crippen molar-refractivity contribution in [1.82, 2.24) is 0 Å². The molecule has 0 saturated carbocycles. The third-order valence-electron chi connectivity index (χ3n) is 2.44. The van der Waals surface area contributed by atoms with E-state index < -0.39 is 15.6 Å². The van der Waals surface area contributed by atoms with Crippen molar-refractivity contribution in [1.29, 1.82) is 5.39 Å². The van der Waals surface area contributed by atoms with Crippen LogP contribution in [-0.2, 0) is 9.84 Å². The van der Waals surface area contributed by atoms with Crippen molar-refractivity contribution in [3.05, 3.63) is 35.3 Å². The number of rotatable bonds is 1. The van der Waals surface area contributed by atoms with Gasteiger partial charge < -0.3 is 5.11 Å². The standard InChI is InChI=1S/C11H8N2O3S/c1-17(15,16)10-6-9(13-12)11(14)8-5-3-2-4-7(8)10/h2-6H,1H3. The molecule has 0 aromatic heterocycles. The lowest BCUT2D eigenvalue weighted by molar-refractivity contribution is -0.264. The maximum Gasteiger partial charge on any atom is 0.379 e. The van der Waals surface area contributed by atoms with Gasteiger partial charge in [-0.1, -0.05) is 24.3 Å². The average molecular weight is 248 g/mol. The second-order valence-corrected chi connectivity index (χ2v) is 5.62. The molecule has 6 heteroatoms. The Morgan fingerprint density at radius 1 is 1.24 bits per heavy atom. The van der Waals surface area contributed by atoms with Gasteiger partial charge in [0.2, 0.25) is 5.39 Å². The summed E-state index contributed by atoms with van der Waals surface area (Å²) >= 11 is 0. The van der Waals surface area contributed by atoms with E-state index in [1.807, 2.05) is 0 Å². The molecule has 0 radical (unpaired) electrons. The Morgan fingerprint density at radius 2 is 1.82 bits per heavy atom. The molecule has 0 unspecified atom stereocenters. The predicted molar refractivity (Wildman–Crippen MR) is 61.2 cm³/mol. The lowest BCUT2D eigenvalue weighted by Gasteiger charge is -2.10. The van der Waals surface area contributed by atoms with Gasteiger partial charge in [-0.25, -0.2) is 8.42 Å². The quantitative estimate of drug-likeness (QED) is 0.720. The van der Waals surface area contributed by atoms with Crippen molar-refractivity contribution in [2.75, 3.05) is 6.26 Å². The molecule has 17 heavy (non-hydrogen) atoms. The Bertz CT molecular complexity index is 745. The van der Waals surface area contributed by atoms with Crippen LogP contribution in [0.15, 0.2) is 35.2 Å². The first-order valence-electron chi connectivity index (χ1n) is 4.73. The molecular formula is C11H8N2O3S. The molecule has 2 aromatic carbocycles. The molecule has 0 bridgehead atoms. The third-order valence-corrected chi connectivity index (χ3v) is 3.58. The van der Waals surface area contributed by atoms with Crippen LogP contribution in [0.25, 0.3) is 15.7 Å². The predicted octanol–water partition coefficient (Wildman–Crippen LogP) is 1.80. The second-order valence-electron chi connectivity index (χ2n) is 3.64. The fraction of sp³-hybridized carbons (Fsp3) is 0.0909. The Labute approximate surface area is 97.9 Å². The minimum atomic E-state index is -3.49. The number of diazo groups is 1. The normalized spacial score (nSPS) is 11.3. The van der Waals surface area contributed by atoms with Gasteiger partial charge in [-0.15, -0.1) is 0 Å². The molecule has 86 valence electrons. The minimum absolute atomic E-state index is 0.0134. The number of hydrogen-bond donors (Lipinski definition) is 0. The summed E-state index contributed by atoms with van der Waals surface area (Å²) < 4.78 is 23.2. The summed E-state index contributed by atoms with van der Waals surface area (Å²) in [5.74, 6) is -0.490. The van der Waals surface area contributed by atoms with Gasteiger partial charge in [-0.2, -0.15) is 0 Å². The van der Waals surface area contributed by atoms with E-state index in [9.17, 15) is 13.5 Å². The molecule has 0 aliphatic rings. The van der Waals surface area contributed by atoms with E-state index in [0.717, 1.165) is 12.3 Å². The van der Waals surface area contributed by atoms with Crippen LogP contribution in [0, 0.1) is 5.39 Å². The second kappa shape index (κ2) is 3.71. The maximum absolute atomic E-state index is 11.8. The van der Waals surface area contributed by atoms with E-state index in [2.05, 4.69) is 4.98 Å². The molecular weight excluding hydrogens is 240 g/mol. The van der Waals surface area contributed by atoms with Gasteiger partial charge in [0.05, 0.1) is 11.0 Å². The molecule has 0 heterocycles. The Balaban J connectivity index is 3.05. The molecule has 0 amide bonds. The van der Waals surface area contributed by atoms with Crippen molar-refractivity contribution in [2.45, 2.75) is 4.90 Å². The van der Waals surface area contributed by atoms with E-state index in [1.165, 1.54) is 6.07 Å². The van der Waals surface area contributed by atoms with Crippen molar-refractivity contribution < 1.29 is 13.5 Å². The molecule has 0 atom stereocenters. The topological polar surface area (TPSA) is 85.3 Å². The Kier molecular flexibility index (Phi) is 2.48. The van der Waals surface area contributed by atoms with Crippen LogP contribution < -0.4 is 5.11 Å². The van der Waals surface area contributed by atoms with Crippen LogP contribution >= 0.6 is 0 Å². The zero-order valence-electron chi connectivity index (χ0n) is 8.91. The number of benzene rings is 2. The first-order valence-corrected chi connectivity index (χ1v) is 6.62. The van der Waals surface area contributed by atoms with Crippen LogP contribution in [0.5, 0.6) is 5.75 Å². The van der Waals surface area contributed by atoms with Crippen molar-refractivity contribution in [2.24, 2.45) is 0 Å². The third kappa shape index (κ3) is 1.81. The SMILES string of the molecule is CS(=O)(=O)c1cc([N+]#N)c([O-])c2ccccc12. The monoisotopic (exact) mass is 248 g/mol. The summed E-state index contributed by atoms with van der Waals surface area (Å²) in [5, 5.41) is 21.1. The highest BCUT2D eigenvalue weighted by atomic mass is 32.2. The van der Waals surface area contributed by atoms with E-state index in [4.69, 9.17) is 5.39 Å². The van der Waals surface area contributed by atoms with Gasteiger partial charge in [0.15, 0.2) is 14.8 Å².